The molecule has 0 aliphatic rings. The van der Waals surface area contributed by atoms with Gasteiger partial charge in [-0.05, 0) is 29.8 Å². The molecule has 0 aliphatic heterocycles. The maximum atomic E-state index is 13.0. The minimum atomic E-state index is -0.466. The van der Waals surface area contributed by atoms with Gasteiger partial charge in [0.1, 0.15) is 12.4 Å². The Balaban J connectivity index is 2.14. The Morgan fingerprint density at radius 3 is 2.65 bits per heavy atom. The smallest absolute Gasteiger partial charge is 0.162 e. The van der Waals surface area contributed by atoms with Crippen LogP contribution < -0.4 is 9.47 Å². The average molecular weight is 292 g/mol. The van der Waals surface area contributed by atoms with E-state index in [-0.39, 0.29) is 11.6 Å². The number of methoxy groups -OCH3 is 1. The van der Waals surface area contributed by atoms with Gasteiger partial charge in [0.25, 0.3) is 0 Å². The molecule has 2 aromatic rings. The third-order valence-electron chi connectivity index (χ3n) is 2.67. The topological polar surface area (TPSA) is 42.2 Å². The van der Waals surface area contributed by atoms with Crippen LogP contribution in [0.25, 0.3) is 0 Å². The van der Waals surface area contributed by atoms with Crippen LogP contribution in [-0.4, -0.2) is 7.11 Å². The largest absolute Gasteiger partial charge is 0.493 e. The highest BCUT2D eigenvalue weighted by atomic mass is 35.5. The zero-order valence-corrected chi connectivity index (χ0v) is 11.4. The summed E-state index contributed by atoms with van der Waals surface area (Å²) in [5, 5.41) is 8.87. The van der Waals surface area contributed by atoms with Crippen molar-refractivity contribution < 1.29 is 13.9 Å². The molecule has 0 spiro atoms. The first-order valence-corrected chi connectivity index (χ1v) is 6.16. The maximum absolute atomic E-state index is 13.0. The van der Waals surface area contributed by atoms with Crippen molar-refractivity contribution in [2.75, 3.05) is 7.11 Å². The second-order valence-electron chi connectivity index (χ2n) is 4.01. The molecule has 102 valence electrons. The molecule has 0 bridgehead atoms. The van der Waals surface area contributed by atoms with E-state index in [2.05, 4.69) is 0 Å². The van der Waals surface area contributed by atoms with Crippen LogP contribution in [0.1, 0.15) is 11.1 Å². The Morgan fingerprint density at radius 2 is 2.00 bits per heavy atom. The lowest BCUT2D eigenvalue weighted by Crippen LogP contribution is -1.98. The van der Waals surface area contributed by atoms with Crippen LogP contribution >= 0.6 is 11.6 Å². The van der Waals surface area contributed by atoms with Gasteiger partial charge in [-0.25, -0.2) is 4.39 Å². The van der Waals surface area contributed by atoms with Crippen molar-refractivity contribution in [1.82, 2.24) is 0 Å². The standard InChI is InChI=1S/C15H11ClFNO2/c1-19-15-7-10(8-18)3-5-14(15)20-9-11-2-4-13(17)12(16)6-11/h2-7H,9H2,1H3. The lowest BCUT2D eigenvalue weighted by molar-refractivity contribution is 0.284. The molecule has 0 saturated heterocycles. The maximum Gasteiger partial charge on any atom is 0.162 e. The number of rotatable bonds is 4. The second kappa shape index (κ2) is 6.27. The van der Waals surface area contributed by atoms with Crippen molar-refractivity contribution in [3.8, 4) is 17.6 Å². The SMILES string of the molecule is COc1cc(C#N)ccc1OCc1ccc(F)c(Cl)c1. The Labute approximate surface area is 121 Å². The van der Waals surface area contributed by atoms with Gasteiger partial charge in [-0.2, -0.15) is 5.26 Å². The molecular weight excluding hydrogens is 281 g/mol. The van der Waals surface area contributed by atoms with Crippen LogP contribution in [0.15, 0.2) is 36.4 Å². The molecule has 2 aromatic carbocycles. The van der Waals surface area contributed by atoms with Crippen molar-refractivity contribution in [3.05, 3.63) is 58.4 Å². The van der Waals surface area contributed by atoms with E-state index in [4.69, 9.17) is 26.3 Å². The molecule has 0 radical (unpaired) electrons. The fourth-order valence-corrected chi connectivity index (χ4v) is 1.85. The van der Waals surface area contributed by atoms with Crippen LogP contribution in [0.2, 0.25) is 5.02 Å². The Hall–Kier alpha value is -2.25. The fourth-order valence-electron chi connectivity index (χ4n) is 1.65. The van der Waals surface area contributed by atoms with Crippen LogP contribution in [0.5, 0.6) is 11.5 Å². The Kier molecular flexibility index (Phi) is 4.44. The number of hydrogen-bond acceptors (Lipinski definition) is 3. The lowest BCUT2D eigenvalue weighted by atomic mass is 10.2. The van der Waals surface area contributed by atoms with Crippen molar-refractivity contribution in [2.45, 2.75) is 6.61 Å². The molecule has 5 heteroatoms. The zero-order valence-electron chi connectivity index (χ0n) is 10.7. The molecule has 0 fully saturated rings. The molecular formula is C15H11ClFNO2. The molecule has 2 rings (SSSR count). The van der Waals surface area contributed by atoms with Crippen molar-refractivity contribution in [1.29, 1.82) is 5.26 Å². The normalized spacial score (nSPS) is 9.90. The van der Waals surface area contributed by atoms with Gasteiger partial charge in [-0.15, -0.1) is 0 Å². The third kappa shape index (κ3) is 3.19. The van der Waals surface area contributed by atoms with Crippen molar-refractivity contribution >= 4 is 11.6 Å². The summed E-state index contributed by atoms with van der Waals surface area (Å²) in [5.41, 5.74) is 1.22. The number of halogens is 2. The van der Waals surface area contributed by atoms with Crippen LogP contribution in [0.4, 0.5) is 4.39 Å². The molecule has 0 heterocycles. The number of nitriles is 1. The first-order chi connectivity index (χ1) is 9.63. The number of hydrogen-bond donors (Lipinski definition) is 0. The minimum Gasteiger partial charge on any atom is -0.493 e. The van der Waals surface area contributed by atoms with Gasteiger partial charge in [0.2, 0.25) is 0 Å². The van der Waals surface area contributed by atoms with E-state index in [1.54, 1.807) is 24.3 Å². The van der Waals surface area contributed by atoms with Gasteiger partial charge in [0.15, 0.2) is 11.5 Å². The van der Waals surface area contributed by atoms with E-state index in [1.807, 2.05) is 6.07 Å². The first-order valence-electron chi connectivity index (χ1n) is 5.79. The summed E-state index contributed by atoms with van der Waals surface area (Å²) < 4.78 is 23.8. The highest BCUT2D eigenvalue weighted by Crippen LogP contribution is 2.29. The van der Waals surface area contributed by atoms with Gasteiger partial charge >= 0.3 is 0 Å². The van der Waals surface area contributed by atoms with Gasteiger partial charge in [0, 0.05) is 6.07 Å². The van der Waals surface area contributed by atoms with E-state index in [0.29, 0.717) is 17.1 Å². The number of ether oxygens (including phenoxy) is 2. The highest BCUT2D eigenvalue weighted by molar-refractivity contribution is 6.30. The average Bonchev–Trinajstić information content (AvgIpc) is 2.48. The van der Waals surface area contributed by atoms with E-state index >= 15 is 0 Å². The number of benzene rings is 2. The van der Waals surface area contributed by atoms with E-state index in [0.717, 1.165) is 5.56 Å². The summed E-state index contributed by atoms with van der Waals surface area (Å²) >= 11 is 5.70. The van der Waals surface area contributed by atoms with Crippen LogP contribution in [0.3, 0.4) is 0 Å². The van der Waals surface area contributed by atoms with Crippen molar-refractivity contribution in [3.63, 3.8) is 0 Å². The molecule has 3 nitrogen and oxygen atoms in total. The molecule has 0 unspecified atom stereocenters. The van der Waals surface area contributed by atoms with E-state index < -0.39 is 5.82 Å². The minimum absolute atomic E-state index is 0.0536. The molecule has 0 N–H and O–H groups in total. The van der Waals surface area contributed by atoms with E-state index in [1.165, 1.54) is 19.2 Å². The summed E-state index contributed by atoms with van der Waals surface area (Å²) in [6.45, 7) is 0.224. The Bertz CT molecular complexity index is 667. The summed E-state index contributed by atoms with van der Waals surface area (Å²) in [5.74, 6) is 0.510. The quantitative estimate of drug-likeness (QED) is 0.857. The molecule has 0 amide bonds. The van der Waals surface area contributed by atoms with E-state index in [9.17, 15) is 4.39 Å². The predicted molar refractivity (Wildman–Crippen MR) is 73.5 cm³/mol. The molecule has 0 aromatic heterocycles. The first kappa shape index (κ1) is 14.2. The van der Waals surface area contributed by atoms with Crippen molar-refractivity contribution in [2.24, 2.45) is 0 Å². The summed E-state index contributed by atoms with van der Waals surface area (Å²) in [7, 11) is 1.50. The molecule has 0 atom stereocenters. The fraction of sp³-hybridized carbons (Fsp3) is 0.133. The van der Waals surface area contributed by atoms with Gasteiger partial charge in [-0.3, -0.25) is 0 Å². The lowest BCUT2D eigenvalue weighted by Gasteiger charge is -2.11. The van der Waals surface area contributed by atoms with Crippen LogP contribution in [0, 0.1) is 17.1 Å². The van der Waals surface area contributed by atoms with Gasteiger partial charge in [-0.1, -0.05) is 17.7 Å². The monoisotopic (exact) mass is 291 g/mol. The molecule has 0 aliphatic carbocycles. The molecule has 0 saturated carbocycles. The number of nitrogens with zero attached hydrogens (tertiary/aromatic N) is 1. The zero-order chi connectivity index (χ0) is 14.5. The third-order valence-corrected chi connectivity index (χ3v) is 2.96. The highest BCUT2D eigenvalue weighted by Gasteiger charge is 2.07. The molecule has 20 heavy (non-hydrogen) atoms. The van der Waals surface area contributed by atoms with Gasteiger partial charge < -0.3 is 9.47 Å². The van der Waals surface area contributed by atoms with Crippen LogP contribution in [-0.2, 0) is 6.61 Å². The predicted octanol–water partition coefficient (Wildman–Crippen LogP) is 3.94. The van der Waals surface area contributed by atoms with Gasteiger partial charge in [0.05, 0.1) is 23.8 Å². The summed E-state index contributed by atoms with van der Waals surface area (Å²) in [6.07, 6.45) is 0. The summed E-state index contributed by atoms with van der Waals surface area (Å²) in [4.78, 5) is 0. The summed E-state index contributed by atoms with van der Waals surface area (Å²) in [6, 6.07) is 11.3. The Morgan fingerprint density at radius 1 is 1.20 bits per heavy atom. The second-order valence-corrected chi connectivity index (χ2v) is 4.42.